The Bertz CT molecular complexity index is 516. The number of hydrogen-bond acceptors (Lipinski definition) is 4. The van der Waals surface area contributed by atoms with Gasteiger partial charge >= 0.3 is 5.97 Å². The number of rotatable bonds is 7. The number of aliphatic hydroxyl groups is 1. The summed E-state index contributed by atoms with van der Waals surface area (Å²) in [6.07, 6.45) is 14.3. The molecule has 1 aliphatic heterocycles. The van der Waals surface area contributed by atoms with E-state index in [4.69, 9.17) is 4.74 Å². The van der Waals surface area contributed by atoms with Crippen LogP contribution in [0.5, 0.6) is 0 Å². The molecule has 2 aliphatic carbocycles. The summed E-state index contributed by atoms with van der Waals surface area (Å²) in [6, 6.07) is 0. The van der Waals surface area contributed by atoms with Crippen LogP contribution < -0.4 is 0 Å². The van der Waals surface area contributed by atoms with E-state index in [2.05, 4.69) is 0 Å². The molecule has 140 valence electrons. The van der Waals surface area contributed by atoms with Gasteiger partial charge < -0.3 is 9.84 Å². The summed E-state index contributed by atoms with van der Waals surface area (Å²) in [5, 5.41) is 9.77. The standard InChI is InChI=1S/C21H32O4/c22-19(11-5-8-15-6-2-1-3-7-15)17-10-4-9-16(12-17)13-18-20(23)14-25-21(18)24/h15-17,23H,1-14H2. The van der Waals surface area contributed by atoms with Crippen molar-refractivity contribution in [2.45, 2.75) is 83.5 Å². The highest BCUT2D eigenvalue weighted by atomic mass is 16.5. The topological polar surface area (TPSA) is 63.6 Å². The number of carbonyl (C=O) groups is 2. The summed E-state index contributed by atoms with van der Waals surface area (Å²) in [7, 11) is 0. The van der Waals surface area contributed by atoms with Crippen LogP contribution in [-0.2, 0) is 14.3 Å². The molecule has 2 atom stereocenters. The van der Waals surface area contributed by atoms with E-state index in [1.54, 1.807) is 0 Å². The van der Waals surface area contributed by atoms with Crippen molar-refractivity contribution in [2.75, 3.05) is 6.61 Å². The molecule has 0 radical (unpaired) electrons. The van der Waals surface area contributed by atoms with Gasteiger partial charge in [0.25, 0.3) is 0 Å². The van der Waals surface area contributed by atoms with Crippen LogP contribution >= 0.6 is 0 Å². The summed E-state index contributed by atoms with van der Waals surface area (Å²) < 4.78 is 4.87. The van der Waals surface area contributed by atoms with E-state index in [0.29, 0.717) is 23.7 Å². The number of aliphatic hydroxyl groups excluding tert-OH is 1. The molecule has 0 amide bonds. The van der Waals surface area contributed by atoms with Gasteiger partial charge in [0.2, 0.25) is 0 Å². The Hall–Kier alpha value is -1.32. The zero-order chi connectivity index (χ0) is 17.6. The van der Waals surface area contributed by atoms with Crippen molar-refractivity contribution in [1.29, 1.82) is 0 Å². The van der Waals surface area contributed by atoms with Gasteiger partial charge in [-0.05, 0) is 37.5 Å². The average Bonchev–Trinajstić information content (AvgIpc) is 2.95. The van der Waals surface area contributed by atoms with Gasteiger partial charge in [-0.3, -0.25) is 4.79 Å². The fraction of sp³-hybridized carbons (Fsp3) is 0.810. The summed E-state index contributed by atoms with van der Waals surface area (Å²) in [5.74, 6) is 1.47. The first-order valence-electron chi connectivity index (χ1n) is 10.2. The van der Waals surface area contributed by atoms with Crippen molar-refractivity contribution in [1.82, 2.24) is 0 Å². The Kier molecular flexibility index (Phi) is 6.55. The molecule has 1 heterocycles. The van der Waals surface area contributed by atoms with E-state index in [0.717, 1.165) is 44.4 Å². The minimum absolute atomic E-state index is 0.0183. The first-order valence-corrected chi connectivity index (χ1v) is 10.2. The highest BCUT2D eigenvalue weighted by Gasteiger charge is 2.32. The Balaban J connectivity index is 1.42. The lowest BCUT2D eigenvalue weighted by molar-refractivity contribution is -0.136. The zero-order valence-corrected chi connectivity index (χ0v) is 15.3. The van der Waals surface area contributed by atoms with Crippen LogP contribution in [0.2, 0.25) is 0 Å². The number of ketones is 1. The Morgan fingerprint density at radius 2 is 1.80 bits per heavy atom. The van der Waals surface area contributed by atoms with Crippen LogP contribution in [0.25, 0.3) is 0 Å². The van der Waals surface area contributed by atoms with Crippen molar-refractivity contribution in [3.8, 4) is 0 Å². The largest absolute Gasteiger partial charge is 0.508 e. The van der Waals surface area contributed by atoms with Crippen molar-refractivity contribution in [3.05, 3.63) is 11.3 Å². The van der Waals surface area contributed by atoms with E-state index in [9.17, 15) is 14.7 Å². The van der Waals surface area contributed by atoms with Gasteiger partial charge in [-0.1, -0.05) is 51.4 Å². The molecule has 0 saturated heterocycles. The lowest BCUT2D eigenvalue weighted by atomic mass is 9.76. The van der Waals surface area contributed by atoms with E-state index in [1.165, 1.54) is 38.5 Å². The third kappa shape index (κ3) is 5.08. The lowest BCUT2D eigenvalue weighted by Crippen LogP contribution is -2.24. The summed E-state index contributed by atoms with van der Waals surface area (Å²) in [5.41, 5.74) is 0.440. The molecule has 0 aromatic rings. The third-order valence-corrected chi connectivity index (χ3v) is 6.43. The molecule has 4 heteroatoms. The van der Waals surface area contributed by atoms with Gasteiger partial charge in [-0.25, -0.2) is 4.79 Å². The molecule has 3 rings (SSSR count). The first-order chi connectivity index (χ1) is 12.1. The van der Waals surface area contributed by atoms with Gasteiger partial charge in [0.1, 0.15) is 18.1 Å². The molecule has 3 aliphatic rings. The van der Waals surface area contributed by atoms with Crippen LogP contribution in [0.1, 0.15) is 83.5 Å². The second-order valence-corrected chi connectivity index (χ2v) is 8.30. The SMILES string of the molecule is O=C1OCC(O)=C1CC1CCCC(C(=O)CCCC2CCCCC2)C1. The maximum atomic E-state index is 12.6. The highest BCUT2D eigenvalue weighted by Crippen LogP contribution is 2.36. The van der Waals surface area contributed by atoms with Crippen LogP contribution in [0.15, 0.2) is 11.3 Å². The van der Waals surface area contributed by atoms with Gasteiger partial charge in [0, 0.05) is 12.3 Å². The van der Waals surface area contributed by atoms with Crippen molar-refractivity contribution >= 4 is 11.8 Å². The molecule has 0 bridgehead atoms. The lowest BCUT2D eigenvalue weighted by Gasteiger charge is -2.28. The van der Waals surface area contributed by atoms with E-state index >= 15 is 0 Å². The number of hydrogen-bond donors (Lipinski definition) is 1. The maximum Gasteiger partial charge on any atom is 0.338 e. The number of Topliss-reactive ketones (excluding diaryl/α,β-unsaturated/α-hetero) is 1. The van der Waals surface area contributed by atoms with Crippen LogP contribution in [0.3, 0.4) is 0 Å². The average molecular weight is 348 g/mol. The number of carbonyl (C=O) groups excluding carboxylic acids is 2. The number of ether oxygens (including phenoxy) is 1. The number of esters is 1. The zero-order valence-electron chi connectivity index (χ0n) is 15.3. The van der Waals surface area contributed by atoms with E-state index in [1.807, 2.05) is 0 Å². The monoisotopic (exact) mass is 348 g/mol. The Labute approximate surface area is 151 Å². The van der Waals surface area contributed by atoms with Gasteiger partial charge in [-0.2, -0.15) is 0 Å². The smallest absolute Gasteiger partial charge is 0.338 e. The number of cyclic esters (lactones) is 1. The molecule has 0 aromatic carbocycles. The van der Waals surface area contributed by atoms with Gasteiger partial charge in [0.15, 0.2) is 0 Å². The minimum atomic E-state index is -0.376. The predicted molar refractivity (Wildman–Crippen MR) is 96.1 cm³/mol. The van der Waals surface area contributed by atoms with E-state index < -0.39 is 0 Å². The molecule has 25 heavy (non-hydrogen) atoms. The van der Waals surface area contributed by atoms with Gasteiger partial charge in [0.05, 0.1) is 5.57 Å². The maximum absolute atomic E-state index is 12.6. The van der Waals surface area contributed by atoms with Crippen molar-refractivity contribution < 1.29 is 19.4 Å². The molecule has 2 saturated carbocycles. The summed E-state index contributed by atoms with van der Waals surface area (Å²) in [4.78, 5) is 24.3. The highest BCUT2D eigenvalue weighted by molar-refractivity contribution is 5.91. The van der Waals surface area contributed by atoms with E-state index in [-0.39, 0.29) is 24.3 Å². The second-order valence-electron chi connectivity index (χ2n) is 8.30. The first kappa shape index (κ1) is 18.5. The second kappa shape index (κ2) is 8.86. The van der Waals surface area contributed by atoms with Crippen molar-refractivity contribution in [2.24, 2.45) is 17.8 Å². The molecule has 0 spiro atoms. The molecule has 4 nitrogen and oxygen atoms in total. The Morgan fingerprint density at radius 3 is 2.52 bits per heavy atom. The molecule has 2 unspecified atom stereocenters. The van der Waals surface area contributed by atoms with Crippen LogP contribution in [0.4, 0.5) is 0 Å². The summed E-state index contributed by atoms with van der Waals surface area (Å²) in [6.45, 7) is 0.0183. The third-order valence-electron chi connectivity index (χ3n) is 6.43. The van der Waals surface area contributed by atoms with Crippen LogP contribution in [0, 0.1) is 17.8 Å². The minimum Gasteiger partial charge on any atom is -0.508 e. The van der Waals surface area contributed by atoms with Gasteiger partial charge in [-0.15, -0.1) is 0 Å². The van der Waals surface area contributed by atoms with Crippen LogP contribution in [-0.4, -0.2) is 23.5 Å². The molecular formula is C21H32O4. The fourth-order valence-electron chi connectivity index (χ4n) is 4.93. The Morgan fingerprint density at radius 1 is 1.04 bits per heavy atom. The fourth-order valence-corrected chi connectivity index (χ4v) is 4.93. The molecule has 1 N–H and O–H groups in total. The molecular weight excluding hydrogens is 316 g/mol. The quantitative estimate of drug-likeness (QED) is 0.667. The normalized spacial score (nSPS) is 28.2. The summed E-state index contributed by atoms with van der Waals surface area (Å²) >= 11 is 0. The predicted octanol–water partition coefficient (Wildman–Crippen LogP) is 4.87. The van der Waals surface area contributed by atoms with Crippen molar-refractivity contribution in [3.63, 3.8) is 0 Å². The molecule has 2 fully saturated rings. The molecule has 0 aromatic heterocycles.